The third kappa shape index (κ3) is 2.28. The van der Waals surface area contributed by atoms with Crippen LogP contribution in [0.2, 0.25) is 0 Å². The SMILES string of the molecule is O=C(NCCN1C(=O)c2cccc3cccc(c23)C1=O)C1CCC1. The summed E-state index contributed by atoms with van der Waals surface area (Å²) in [5, 5.41) is 4.46. The fourth-order valence-electron chi connectivity index (χ4n) is 3.39. The highest BCUT2D eigenvalue weighted by molar-refractivity contribution is 6.25. The molecule has 2 aliphatic rings. The van der Waals surface area contributed by atoms with Gasteiger partial charge >= 0.3 is 0 Å². The fourth-order valence-corrected chi connectivity index (χ4v) is 3.39. The highest BCUT2D eigenvalue weighted by atomic mass is 16.2. The molecule has 122 valence electrons. The lowest BCUT2D eigenvalue weighted by molar-refractivity contribution is -0.127. The van der Waals surface area contributed by atoms with Crippen molar-refractivity contribution in [3.05, 3.63) is 47.5 Å². The average molecular weight is 322 g/mol. The largest absolute Gasteiger partial charge is 0.354 e. The number of hydrogen-bond donors (Lipinski definition) is 1. The molecule has 1 aliphatic carbocycles. The number of carbonyl (C=O) groups is 3. The van der Waals surface area contributed by atoms with Crippen LogP contribution in [0.15, 0.2) is 36.4 Å². The van der Waals surface area contributed by atoms with Crippen molar-refractivity contribution < 1.29 is 14.4 Å². The second-order valence-corrected chi connectivity index (χ2v) is 6.39. The zero-order valence-corrected chi connectivity index (χ0v) is 13.2. The van der Waals surface area contributed by atoms with E-state index in [4.69, 9.17) is 0 Å². The van der Waals surface area contributed by atoms with Crippen LogP contribution in [0.4, 0.5) is 0 Å². The van der Waals surface area contributed by atoms with E-state index in [1.54, 1.807) is 12.1 Å². The number of imide groups is 1. The molecule has 0 spiro atoms. The summed E-state index contributed by atoms with van der Waals surface area (Å²) in [6.07, 6.45) is 2.97. The Balaban J connectivity index is 1.54. The van der Waals surface area contributed by atoms with E-state index in [9.17, 15) is 14.4 Å². The van der Waals surface area contributed by atoms with Crippen LogP contribution in [0, 0.1) is 5.92 Å². The van der Waals surface area contributed by atoms with E-state index < -0.39 is 0 Å². The highest BCUT2D eigenvalue weighted by Crippen LogP contribution is 2.30. The Kier molecular flexibility index (Phi) is 3.56. The second kappa shape index (κ2) is 5.74. The molecule has 5 nitrogen and oxygen atoms in total. The first-order valence-corrected chi connectivity index (χ1v) is 8.32. The molecule has 1 N–H and O–H groups in total. The molecule has 0 radical (unpaired) electrons. The maximum atomic E-state index is 12.7. The summed E-state index contributed by atoms with van der Waals surface area (Å²) in [5.74, 6) is -0.447. The fraction of sp³-hybridized carbons (Fsp3) is 0.316. The number of amides is 3. The molecule has 1 fully saturated rings. The third-order valence-electron chi connectivity index (χ3n) is 4.97. The Bertz CT molecular complexity index is 804. The molecule has 5 heteroatoms. The van der Waals surface area contributed by atoms with Gasteiger partial charge in [-0.1, -0.05) is 30.7 Å². The first-order valence-electron chi connectivity index (χ1n) is 8.32. The van der Waals surface area contributed by atoms with Crippen molar-refractivity contribution in [2.24, 2.45) is 5.92 Å². The minimum absolute atomic E-state index is 0.0284. The normalized spacial score (nSPS) is 17.1. The van der Waals surface area contributed by atoms with Crippen molar-refractivity contribution in [3.8, 4) is 0 Å². The van der Waals surface area contributed by atoms with Gasteiger partial charge in [-0.15, -0.1) is 0 Å². The maximum Gasteiger partial charge on any atom is 0.261 e. The van der Waals surface area contributed by atoms with Gasteiger partial charge in [0.2, 0.25) is 5.91 Å². The molecule has 2 aromatic carbocycles. The smallest absolute Gasteiger partial charge is 0.261 e. The van der Waals surface area contributed by atoms with Crippen LogP contribution in [-0.4, -0.2) is 35.7 Å². The van der Waals surface area contributed by atoms with E-state index >= 15 is 0 Å². The van der Waals surface area contributed by atoms with Crippen LogP contribution in [0.5, 0.6) is 0 Å². The third-order valence-corrected chi connectivity index (χ3v) is 4.97. The Morgan fingerprint density at radius 3 is 2.21 bits per heavy atom. The summed E-state index contributed by atoms with van der Waals surface area (Å²) >= 11 is 0. The molecular formula is C19H18N2O3. The van der Waals surface area contributed by atoms with Gasteiger partial charge in [0.05, 0.1) is 0 Å². The van der Waals surface area contributed by atoms with Gasteiger partial charge in [-0.2, -0.15) is 0 Å². The number of carbonyl (C=O) groups excluding carboxylic acids is 3. The molecule has 1 saturated carbocycles. The Hall–Kier alpha value is -2.69. The molecule has 0 bridgehead atoms. The summed E-state index contributed by atoms with van der Waals surface area (Å²) < 4.78 is 0. The van der Waals surface area contributed by atoms with E-state index in [0.717, 1.165) is 30.0 Å². The zero-order chi connectivity index (χ0) is 16.7. The molecule has 1 aliphatic heterocycles. The highest BCUT2D eigenvalue weighted by Gasteiger charge is 2.32. The number of benzene rings is 2. The summed E-state index contributed by atoms with van der Waals surface area (Å²) in [5.41, 5.74) is 1.10. The molecular weight excluding hydrogens is 304 g/mol. The average Bonchev–Trinajstić information content (AvgIpc) is 2.54. The summed E-state index contributed by atoms with van der Waals surface area (Å²) in [6.45, 7) is 0.492. The number of rotatable bonds is 4. The van der Waals surface area contributed by atoms with Gasteiger partial charge in [-0.05, 0) is 30.4 Å². The van der Waals surface area contributed by atoms with E-state index in [-0.39, 0.29) is 30.2 Å². The van der Waals surface area contributed by atoms with Crippen LogP contribution in [-0.2, 0) is 4.79 Å². The monoisotopic (exact) mass is 322 g/mol. The topological polar surface area (TPSA) is 66.5 Å². The van der Waals surface area contributed by atoms with Crippen LogP contribution in [0.3, 0.4) is 0 Å². The predicted molar refractivity (Wildman–Crippen MR) is 89.7 cm³/mol. The molecule has 4 rings (SSSR count). The van der Waals surface area contributed by atoms with E-state index in [1.807, 2.05) is 24.3 Å². The Morgan fingerprint density at radius 2 is 1.67 bits per heavy atom. The Labute approximate surface area is 139 Å². The lowest BCUT2D eigenvalue weighted by Gasteiger charge is -2.28. The molecule has 0 aromatic heterocycles. The molecule has 0 saturated heterocycles. The van der Waals surface area contributed by atoms with Gasteiger partial charge in [0, 0.05) is 35.5 Å². The lowest BCUT2D eigenvalue weighted by atomic mass is 9.85. The van der Waals surface area contributed by atoms with Gasteiger partial charge in [-0.3, -0.25) is 19.3 Å². The first kappa shape index (κ1) is 14.9. The van der Waals surface area contributed by atoms with Crippen molar-refractivity contribution in [2.75, 3.05) is 13.1 Å². The minimum Gasteiger partial charge on any atom is -0.354 e. The van der Waals surface area contributed by atoms with Crippen LogP contribution in [0.25, 0.3) is 10.8 Å². The van der Waals surface area contributed by atoms with Crippen molar-refractivity contribution in [1.29, 1.82) is 0 Å². The maximum absolute atomic E-state index is 12.7. The zero-order valence-electron chi connectivity index (χ0n) is 13.2. The van der Waals surface area contributed by atoms with E-state index in [0.29, 0.717) is 17.7 Å². The predicted octanol–water partition coefficient (Wildman–Crippen LogP) is 2.35. The minimum atomic E-state index is -0.290. The molecule has 3 amide bonds. The van der Waals surface area contributed by atoms with Crippen molar-refractivity contribution in [1.82, 2.24) is 10.2 Å². The molecule has 0 unspecified atom stereocenters. The van der Waals surface area contributed by atoms with Crippen LogP contribution in [0.1, 0.15) is 40.0 Å². The molecule has 2 aromatic rings. The summed E-state index contributed by atoms with van der Waals surface area (Å²) in [7, 11) is 0. The van der Waals surface area contributed by atoms with Gasteiger partial charge in [0.1, 0.15) is 0 Å². The summed E-state index contributed by atoms with van der Waals surface area (Å²) in [4.78, 5) is 38.5. The molecule has 1 heterocycles. The van der Waals surface area contributed by atoms with E-state index in [2.05, 4.69) is 5.32 Å². The van der Waals surface area contributed by atoms with Crippen molar-refractivity contribution in [2.45, 2.75) is 19.3 Å². The lowest BCUT2D eigenvalue weighted by Crippen LogP contribution is -2.45. The number of hydrogen-bond acceptors (Lipinski definition) is 3. The number of nitrogens with one attached hydrogen (secondary N) is 1. The first-order chi connectivity index (χ1) is 11.7. The van der Waals surface area contributed by atoms with Crippen molar-refractivity contribution >= 4 is 28.5 Å². The number of nitrogens with zero attached hydrogens (tertiary/aromatic N) is 1. The van der Waals surface area contributed by atoms with E-state index in [1.165, 1.54) is 4.90 Å². The van der Waals surface area contributed by atoms with Gasteiger partial charge in [0.25, 0.3) is 11.8 Å². The quantitative estimate of drug-likeness (QED) is 0.879. The van der Waals surface area contributed by atoms with Crippen LogP contribution < -0.4 is 5.32 Å². The van der Waals surface area contributed by atoms with Gasteiger partial charge in [0.15, 0.2) is 0 Å². The van der Waals surface area contributed by atoms with Crippen LogP contribution >= 0.6 is 0 Å². The standard InChI is InChI=1S/C19H18N2O3/c22-17(13-6-1-7-13)20-10-11-21-18(23)14-8-2-4-12-5-3-9-15(16(12)14)19(21)24/h2-5,8-9,13H,1,6-7,10-11H2,(H,20,22). The van der Waals surface area contributed by atoms with Gasteiger partial charge < -0.3 is 5.32 Å². The Morgan fingerprint density at radius 1 is 1.04 bits per heavy atom. The molecule has 24 heavy (non-hydrogen) atoms. The summed E-state index contributed by atoms with van der Waals surface area (Å²) in [6, 6.07) is 11.0. The van der Waals surface area contributed by atoms with Gasteiger partial charge in [-0.25, -0.2) is 0 Å². The van der Waals surface area contributed by atoms with Crippen molar-refractivity contribution in [3.63, 3.8) is 0 Å². The second-order valence-electron chi connectivity index (χ2n) is 6.39. The molecule has 0 atom stereocenters.